The third-order valence-corrected chi connectivity index (χ3v) is 6.65. The number of halogens is 1. The van der Waals surface area contributed by atoms with Crippen molar-refractivity contribution in [2.75, 3.05) is 26.0 Å². The zero-order chi connectivity index (χ0) is 25.8. The summed E-state index contributed by atoms with van der Waals surface area (Å²) in [4.78, 5) is 45.7. The minimum absolute atomic E-state index is 0.0381. The van der Waals surface area contributed by atoms with Crippen molar-refractivity contribution >= 4 is 17.5 Å². The Balaban J connectivity index is 1.70. The molecule has 0 aliphatic heterocycles. The van der Waals surface area contributed by atoms with Crippen molar-refractivity contribution in [2.24, 2.45) is 0 Å². The number of aryl methyl sites for hydroxylation is 1. The molecule has 0 saturated carbocycles. The second kappa shape index (κ2) is 10.9. The van der Waals surface area contributed by atoms with Gasteiger partial charge in [-0.3, -0.25) is 19.3 Å². The summed E-state index contributed by atoms with van der Waals surface area (Å²) < 4.78 is 14.5. The lowest BCUT2D eigenvalue weighted by molar-refractivity contribution is -0.117. The lowest BCUT2D eigenvalue weighted by Gasteiger charge is -2.33. The second-order valence-electron chi connectivity index (χ2n) is 9.06. The van der Waals surface area contributed by atoms with E-state index in [-0.39, 0.29) is 24.1 Å². The van der Waals surface area contributed by atoms with Gasteiger partial charge in [0, 0.05) is 11.6 Å². The predicted molar refractivity (Wildman–Crippen MR) is 136 cm³/mol. The highest BCUT2D eigenvalue weighted by molar-refractivity contribution is 5.95. The van der Waals surface area contributed by atoms with Gasteiger partial charge in [0.25, 0.3) is 5.56 Å². The number of aromatic nitrogens is 2. The Morgan fingerprint density at radius 3 is 2.64 bits per heavy atom. The van der Waals surface area contributed by atoms with E-state index in [1.807, 2.05) is 24.1 Å². The maximum absolute atomic E-state index is 13.6. The highest BCUT2D eigenvalue weighted by Crippen LogP contribution is 2.33. The molecule has 1 aliphatic carbocycles. The maximum Gasteiger partial charge on any atom is 0.284 e. The van der Waals surface area contributed by atoms with Crippen LogP contribution in [-0.2, 0) is 11.2 Å². The molecule has 0 saturated heterocycles. The summed E-state index contributed by atoms with van der Waals surface area (Å²) in [6, 6.07) is 13.1. The van der Waals surface area contributed by atoms with Gasteiger partial charge in [0.05, 0.1) is 18.8 Å². The number of carbonyl (C=O) groups excluding carboxylic acids is 2. The van der Waals surface area contributed by atoms with E-state index >= 15 is 0 Å². The number of nitrogens with zero attached hydrogens (tertiary/aromatic N) is 3. The molecular formula is C27H30FN5O3. The van der Waals surface area contributed by atoms with Gasteiger partial charge in [-0.1, -0.05) is 24.3 Å². The first-order valence-electron chi connectivity index (χ1n) is 12.0. The number of benzene rings is 2. The zero-order valence-electron chi connectivity index (χ0n) is 20.6. The molecule has 0 unspecified atom stereocenters. The Hall–Kier alpha value is -3.69. The van der Waals surface area contributed by atoms with Crippen molar-refractivity contribution in [2.45, 2.75) is 38.3 Å². The van der Waals surface area contributed by atoms with E-state index in [0.717, 1.165) is 23.8 Å². The van der Waals surface area contributed by atoms with Gasteiger partial charge in [-0.25, -0.2) is 13.9 Å². The number of likely N-dealkylation sites (N-methyl/N-ethyl adjacent to an activating group) is 2. The smallest absolute Gasteiger partial charge is 0.284 e. The Morgan fingerprint density at radius 2 is 1.92 bits per heavy atom. The summed E-state index contributed by atoms with van der Waals surface area (Å²) in [5.41, 5.74) is 2.07. The molecule has 1 heterocycles. The molecule has 2 atom stereocenters. The summed E-state index contributed by atoms with van der Waals surface area (Å²) in [5.74, 6) is -1.28. The fourth-order valence-corrected chi connectivity index (χ4v) is 4.53. The average Bonchev–Trinajstić information content (AvgIpc) is 2.89. The first kappa shape index (κ1) is 25.4. The quantitative estimate of drug-likeness (QED) is 0.527. The van der Waals surface area contributed by atoms with Crippen LogP contribution in [0.2, 0.25) is 0 Å². The molecule has 0 spiro atoms. The van der Waals surface area contributed by atoms with Crippen LogP contribution in [0.3, 0.4) is 0 Å². The van der Waals surface area contributed by atoms with Crippen molar-refractivity contribution in [3.8, 4) is 11.4 Å². The number of hydrogen-bond acceptors (Lipinski definition) is 6. The SMILES string of the molecule is CN[C@@H](C)C(=O)Nc1cnc(-c2ccc(F)cc2)n(C(=O)CN(C)[C@@H]2CCCc3ccccc32)c1=O. The van der Waals surface area contributed by atoms with Gasteiger partial charge in [0.15, 0.2) is 0 Å². The second-order valence-corrected chi connectivity index (χ2v) is 9.06. The zero-order valence-corrected chi connectivity index (χ0v) is 20.6. The number of nitrogens with one attached hydrogen (secondary N) is 2. The lowest BCUT2D eigenvalue weighted by atomic mass is 9.87. The number of amides is 1. The third-order valence-electron chi connectivity index (χ3n) is 6.65. The van der Waals surface area contributed by atoms with E-state index in [1.54, 1.807) is 14.0 Å². The molecule has 1 aliphatic rings. The minimum Gasteiger partial charge on any atom is -0.319 e. The van der Waals surface area contributed by atoms with Crippen LogP contribution in [0.15, 0.2) is 59.5 Å². The van der Waals surface area contributed by atoms with E-state index in [2.05, 4.69) is 27.8 Å². The van der Waals surface area contributed by atoms with Crippen molar-refractivity contribution in [1.29, 1.82) is 0 Å². The minimum atomic E-state index is -0.691. The van der Waals surface area contributed by atoms with Crippen LogP contribution in [0.25, 0.3) is 11.4 Å². The van der Waals surface area contributed by atoms with Gasteiger partial charge in [0.1, 0.15) is 17.3 Å². The molecule has 0 fully saturated rings. The van der Waals surface area contributed by atoms with Crippen LogP contribution in [0.5, 0.6) is 0 Å². The molecule has 8 nitrogen and oxygen atoms in total. The Kier molecular flexibility index (Phi) is 7.71. The normalized spacial score (nSPS) is 15.9. The summed E-state index contributed by atoms with van der Waals surface area (Å²) >= 11 is 0. The molecule has 1 aromatic heterocycles. The molecule has 0 bridgehead atoms. The summed E-state index contributed by atoms with van der Waals surface area (Å²) in [5, 5.41) is 5.36. The van der Waals surface area contributed by atoms with Gasteiger partial charge in [-0.2, -0.15) is 0 Å². The number of hydrogen-bond donors (Lipinski definition) is 2. The molecular weight excluding hydrogens is 461 g/mol. The highest BCUT2D eigenvalue weighted by Gasteiger charge is 2.27. The number of anilines is 1. The van der Waals surface area contributed by atoms with Crippen LogP contribution in [0.4, 0.5) is 10.1 Å². The van der Waals surface area contributed by atoms with Gasteiger partial charge in [-0.15, -0.1) is 0 Å². The molecule has 2 N–H and O–H groups in total. The predicted octanol–water partition coefficient (Wildman–Crippen LogP) is 3.25. The number of carbonyl (C=O) groups is 2. The molecule has 4 rings (SSSR count). The van der Waals surface area contributed by atoms with E-state index in [1.165, 1.54) is 41.6 Å². The van der Waals surface area contributed by atoms with E-state index in [0.29, 0.717) is 5.56 Å². The molecule has 2 aromatic carbocycles. The fraction of sp³-hybridized carbons (Fsp3) is 0.333. The Morgan fingerprint density at radius 1 is 1.19 bits per heavy atom. The topological polar surface area (TPSA) is 96.3 Å². The summed E-state index contributed by atoms with van der Waals surface area (Å²) in [6.45, 7) is 1.61. The van der Waals surface area contributed by atoms with Gasteiger partial charge < -0.3 is 10.6 Å². The van der Waals surface area contributed by atoms with Crippen LogP contribution in [0, 0.1) is 5.82 Å². The van der Waals surface area contributed by atoms with Crippen LogP contribution < -0.4 is 16.2 Å². The molecule has 188 valence electrons. The number of rotatable bonds is 7. The maximum atomic E-state index is 13.6. The van der Waals surface area contributed by atoms with E-state index < -0.39 is 29.2 Å². The standard InChI is InChI=1S/C27H30FN5O3/c1-17(29-2)26(35)31-22-15-30-25(19-11-13-20(28)14-12-19)33(27(22)36)24(34)16-32(3)23-10-6-8-18-7-4-5-9-21(18)23/h4-5,7,9,11-15,17,23,29H,6,8,10,16H2,1-3H3,(H,31,35)/t17-,23+/m0/s1. The number of fused-ring (bicyclic) bond motifs is 1. The first-order valence-corrected chi connectivity index (χ1v) is 12.0. The Bertz CT molecular complexity index is 1320. The van der Waals surface area contributed by atoms with Gasteiger partial charge >= 0.3 is 0 Å². The lowest BCUT2D eigenvalue weighted by Crippen LogP contribution is -2.41. The van der Waals surface area contributed by atoms with Crippen molar-refractivity contribution in [3.63, 3.8) is 0 Å². The molecule has 0 radical (unpaired) electrons. The van der Waals surface area contributed by atoms with Crippen molar-refractivity contribution < 1.29 is 14.0 Å². The molecule has 1 amide bonds. The Labute approximate surface area is 209 Å². The molecule has 9 heteroatoms. The van der Waals surface area contributed by atoms with Crippen LogP contribution in [-0.4, -0.2) is 52.9 Å². The van der Waals surface area contributed by atoms with Gasteiger partial charge in [-0.05, 0) is 75.7 Å². The fourth-order valence-electron chi connectivity index (χ4n) is 4.53. The van der Waals surface area contributed by atoms with Gasteiger partial charge in [0.2, 0.25) is 11.8 Å². The summed E-state index contributed by atoms with van der Waals surface area (Å²) in [7, 11) is 3.49. The molecule has 3 aromatic rings. The van der Waals surface area contributed by atoms with Crippen LogP contribution in [0.1, 0.15) is 41.7 Å². The summed E-state index contributed by atoms with van der Waals surface area (Å²) in [6.07, 6.45) is 4.13. The molecule has 36 heavy (non-hydrogen) atoms. The van der Waals surface area contributed by atoms with E-state index in [9.17, 15) is 18.8 Å². The monoisotopic (exact) mass is 491 g/mol. The van der Waals surface area contributed by atoms with Crippen molar-refractivity contribution in [1.82, 2.24) is 19.8 Å². The highest BCUT2D eigenvalue weighted by atomic mass is 19.1. The van der Waals surface area contributed by atoms with Crippen LogP contribution >= 0.6 is 0 Å². The van der Waals surface area contributed by atoms with Crippen molar-refractivity contribution in [3.05, 3.63) is 82.0 Å². The average molecular weight is 492 g/mol. The van der Waals surface area contributed by atoms with E-state index in [4.69, 9.17) is 0 Å². The third kappa shape index (κ3) is 5.27. The largest absolute Gasteiger partial charge is 0.319 e. The first-order chi connectivity index (χ1) is 17.3.